The highest BCUT2D eigenvalue weighted by atomic mass is 16.2. The summed E-state index contributed by atoms with van der Waals surface area (Å²) in [6.07, 6.45) is 2.91. The lowest BCUT2D eigenvalue weighted by Crippen LogP contribution is -2.70. The molecule has 1 atom stereocenters. The third kappa shape index (κ3) is 3.71. The molecule has 2 aromatic rings. The third-order valence-electron chi connectivity index (χ3n) is 8.67. The third-order valence-corrected chi connectivity index (χ3v) is 8.67. The molecule has 3 saturated heterocycles. The standard InChI is InChI=1S/C30H29N5O6/c1-16-7-8-17(2)22(12-16)35-25(37)20(24(36)31-28(35)40)14-18-9-10-21-19(13-18)15-30(23-6-5-11-34(21)23)26(38)32(3)29(41)33(4)27(30)39/h7-10,12-14,23H,5-6,11,15H2,1-4H3,(H,31,36,40)/b20-14+/t23-/m1/s1. The molecule has 2 aromatic carbocycles. The Morgan fingerprint density at radius 3 is 2.32 bits per heavy atom. The molecule has 1 spiro atoms. The second kappa shape index (κ2) is 9.12. The van der Waals surface area contributed by atoms with Crippen molar-refractivity contribution in [3.8, 4) is 0 Å². The number of rotatable bonds is 2. The van der Waals surface area contributed by atoms with Crippen LogP contribution in [0.5, 0.6) is 0 Å². The van der Waals surface area contributed by atoms with E-state index < -0.39 is 41.1 Å². The van der Waals surface area contributed by atoms with Gasteiger partial charge < -0.3 is 4.90 Å². The Labute approximate surface area is 236 Å². The summed E-state index contributed by atoms with van der Waals surface area (Å²) in [5, 5.41) is 2.26. The minimum Gasteiger partial charge on any atom is -0.367 e. The topological polar surface area (TPSA) is 127 Å². The van der Waals surface area contributed by atoms with Crippen molar-refractivity contribution in [2.24, 2.45) is 5.41 Å². The van der Waals surface area contributed by atoms with E-state index in [2.05, 4.69) is 10.2 Å². The molecule has 6 rings (SSSR count). The van der Waals surface area contributed by atoms with Crippen LogP contribution >= 0.6 is 0 Å². The van der Waals surface area contributed by atoms with Gasteiger partial charge in [0.2, 0.25) is 11.8 Å². The van der Waals surface area contributed by atoms with Crippen molar-refractivity contribution < 1.29 is 28.8 Å². The van der Waals surface area contributed by atoms with Crippen LogP contribution in [0.4, 0.5) is 21.0 Å². The number of hydrogen-bond donors (Lipinski definition) is 1. The molecule has 0 radical (unpaired) electrons. The van der Waals surface area contributed by atoms with Gasteiger partial charge in [0.25, 0.3) is 11.8 Å². The Balaban J connectivity index is 1.42. The van der Waals surface area contributed by atoms with E-state index in [9.17, 15) is 28.8 Å². The van der Waals surface area contributed by atoms with E-state index in [1.807, 2.05) is 19.1 Å². The molecule has 210 valence electrons. The van der Waals surface area contributed by atoms with Crippen molar-refractivity contribution in [1.82, 2.24) is 15.1 Å². The number of fused-ring (bicyclic) bond motifs is 4. The number of hydrogen-bond acceptors (Lipinski definition) is 7. The summed E-state index contributed by atoms with van der Waals surface area (Å²) < 4.78 is 0. The molecule has 0 saturated carbocycles. The molecule has 4 heterocycles. The molecular weight excluding hydrogens is 526 g/mol. The number of urea groups is 2. The highest BCUT2D eigenvalue weighted by molar-refractivity contribution is 6.39. The minimum absolute atomic E-state index is 0.0768. The first-order valence-corrected chi connectivity index (χ1v) is 13.4. The summed E-state index contributed by atoms with van der Waals surface area (Å²) in [5.74, 6) is -2.61. The SMILES string of the molecule is Cc1ccc(C)c(N2C(=O)NC(=O)/C(=C\c3ccc4c(c3)CC3(C(=O)N(C)C(=O)N(C)C3=O)[C@H]3CCCN43)C2=O)c1. The Morgan fingerprint density at radius 2 is 1.61 bits per heavy atom. The monoisotopic (exact) mass is 555 g/mol. The highest BCUT2D eigenvalue weighted by Gasteiger charge is 2.63. The maximum absolute atomic E-state index is 13.6. The van der Waals surface area contributed by atoms with Gasteiger partial charge in [0, 0.05) is 26.3 Å². The Hall–Kier alpha value is -4.80. The van der Waals surface area contributed by atoms with E-state index in [4.69, 9.17) is 0 Å². The van der Waals surface area contributed by atoms with Gasteiger partial charge in [-0.15, -0.1) is 0 Å². The van der Waals surface area contributed by atoms with Gasteiger partial charge in [0.15, 0.2) is 5.41 Å². The number of barbiturate groups is 2. The van der Waals surface area contributed by atoms with Crippen LogP contribution in [0, 0.1) is 19.3 Å². The highest BCUT2D eigenvalue weighted by Crippen LogP contribution is 2.49. The molecule has 4 aliphatic rings. The number of anilines is 2. The summed E-state index contributed by atoms with van der Waals surface area (Å²) >= 11 is 0. The van der Waals surface area contributed by atoms with Gasteiger partial charge in [-0.3, -0.25) is 34.3 Å². The van der Waals surface area contributed by atoms with Crippen LogP contribution in [0.15, 0.2) is 42.0 Å². The number of carbonyl (C=O) groups is 6. The molecule has 0 aliphatic carbocycles. The number of carbonyl (C=O) groups excluding carboxylic acids is 6. The van der Waals surface area contributed by atoms with Gasteiger partial charge in [0.1, 0.15) is 5.57 Å². The number of benzene rings is 2. The zero-order valence-corrected chi connectivity index (χ0v) is 23.2. The van der Waals surface area contributed by atoms with Crippen LogP contribution in [-0.4, -0.2) is 72.2 Å². The average Bonchev–Trinajstić information content (AvgIpc) is 3.44. The lowest BCUT2D eigenvalue weighted by Gasteiger charge is -2.50. The number of nitrogens with zero attached hydrogens (tertiary/aromatic N) is 4. The molecule has 0 bridgehead atoms. The average molecular weight is 556 g/mol. The van der Waals surface area contributed by atoms with Crippen molar-refractivity contribution in [2.75, 3.05) is 30.4 Å². The summed E-state index contributed by atoms with van der Waals surface area (Å²) in [7, 11) is 2.78. The van der Waals surface area contributed by atoms with Crippen LogP contribution in [0.25, 0.3) is 6.08 Å². The largest absolute Gasteiger partial charge is 0.367 e. The van der Waals surface area contributed by atoms with Crippen LogP contribution < -0.4 is 15.1 Å². The molecular formula is C30H29N5O6. The van der Waals surface area contributed by atoms with Gasteiger partial charge in [-0.1, -0.05) is 18.2 Å². The second-order valence-electron chi connectivity index (χ2n) is 11.1. The first-order chi connectivity index (χ1) is 19.5. The zero-order valence-electron chi connectivity index (χ0n) is 23.2. The van der Waals surface area contributed by atoms with Gasteiger partial charge in [-0.05, 0) is 79.6 Å². The van der Waals surface area contributed by atoms with Crippen LogP contribution in [-0.2, 0) is 25.6 Å². The summed E-state index contributed by atoms with van der Waals surface area (Å²) in [4.78, 5) is 83.9. The molecule has 1 N–H and O–H groups in total. The lowest BCUT2D eigenvalue weighted by atomic mass is 9.68. The van der Waals surface area contributed by atoms with Gasteiger partial charge in [-0.2, -0.15) is 0 Å². The summed E-state index contributed by atoms with van der Waals surface area (Å²) in [5.41, 5.74) is 2.32. The molecule has 0 unspecified atom stereocenters. The number of nitrogens with one attached hydrogen (secondary N) is 1. The van der Waals surface area contributed by atoms with E-state index >= 15 is 0 Å². The maximum atomic E-state index is 13.6. The van der Waals surface area contributed by atoms with E-state index in [1.54, 1.807) is 31.2 Å². The Morgan fingerprint density at radius 1 is 0.902 bits per heavy atom. The van der Waals surface area contributed by atoms with Crippen LogP contribution in [0.3, 0.4) is 0 Å². The van der Waals surface area contributed by atoms with Crippen LogP contribution in [0.1, 0.15) is 35.1 Å². The fourth-order valence-electron chi connectivity index (χ4n) is 6.63. The van der Waals surface area contributed by atoms with E-state index in [0.29, 0.717) is 35.3 Å². The number of imide groups is 4. The smallest absolute Gasteiger partial charge is 0.335 e. The molecule has 4 aliphatic heterocycles. The first kappa shape index (κ1) is 26.4. The quantitative estimate of drug-likeness (QED) is 0.343. The van der Waals surface area contributed by atoms with Gasteiger partial charge in [0.05, 0.1) is 11.7 Å². The molecule has 41 heavy (non-hydrogen) atoms. The predicted molar refractivity (Wildman–Crippen MR) is 149 cm³/mol. The molecule has 3 fully saturated rings. The fraction of sp³-hybridized carbons (Fsp3) is 0.333. The van der Waals surface area contributed by atoms with Crippen LogP contribution in [0.2, 0.25) is 0 Å². The summed E-state index contributed by atoms with van der Waals surface area (Å²) in [6, 6.07) is 8.89. The Bertz CT molecular complexity index is 1600. The van der Waals surface area contributed by atoms with Crippen molar-refractivity contribution in [2.45, 2.75) is 39.2 Å². The lowest BCUT2D eigenvalue weighted by molar-refractivity contribution is -0.159. The first-order valence-electron chi connectivity index (χ1n) is 13.4. The van der Waals surface area contributed by atoms with Gasteiger partial charge >= 0.3 is 12.1 Å². The van der Waals surface area contributed by atoms with Crippen molar-refractivity contribution >= 4 is 53.1 Å². The predicted octanol–water partition coefficient (Wildman–Crippen LogP) is 2.53. The summed E-state index contributed by atoms with van der Waals surface area (Å²) in [6.45, 7) is 4.27. The Kier molecular flexibility index (Phi) is 5.88. The normalized spacial score (nSPS) is 23.0. The van der Waals surface area contributed by atoms with Crippen molar-refractivity contribution in [3.63, 3.8) is 0 Å². The second-order valence-corrected chi connectivity index (χ2v) is 11.1. The van der Waals surface area contributed by atoms with E-state index in [0.717, 1.165) is 32.4 Å². The molecule has 0 aromatic heterocycles. The maximum Gasteiger partial charge on any atom is 0.335 e. The molecule has 11 heteroatoms. The fourth-order valence-corrected chi connectivity index (χ4v) is 6.63. The van der Waals surface area contributed by atoms with E-state index in [1.165, 1.54) is 20.2 Å². The van der Waals surface area contributed by atoms with Gasteiger partial charge in [-0.25, -0.2) is 14.5 Å². The number of aryl methyl sites for hydroxylation is 2. The zero-order chi connectivity index (χ0) is 29.4. The van der Waals surface area contributed by atoms with E-state index in [-0.39, 0.29) is 18.0 Å². The number of amides is 8. The van der Waals surface area contributed by atoms with Crippen molar-refractivity contribution in [1.29, 1.82) is 0 Å². The minimum atomic E-state index is -1.46. The van der Waals surface area contributed by atoms with Crippen molar-refractivity contribution in [3.05, 3.63) is 64.2 Å². The molecule has 11 nitrogen and oxygen atoms in total. The molecule has 8 amide bonds.